The van der Waals surface area contributed by atoms with E-state index in [9.17, 15) is 4.79 Å². The van der Waals surface area contributed by atoms with Gasteiger partial charge < -0.3 is 4.74 Å². The Balaban J connectivity index is 2.14. The average molecular weight is 290 g/mol. The predicted octanol–water partition coefficient (Wildman–Crippen LogP) is 4.22. The van der Waals surface area contributed by atoms with Gasteiger partial charge in [-0.3, -0.25) is 0 Å². The summed E-state index contributed by atoms with van der Waals surface area (Å²) < 4.78 is 5.45. The van der Waals surface area contributed by atoms with Gasteiger partial charge in [-0.25, -0.2) is 9.78 Å². The van der Waals surface area contributed by atoms with Crippen LogP contribution >= 0.6 is 11.6 Å². The van der Waals surface area contributed by atoms with Crippen molar-refractivity contribution in [2.45, 2.75) is 26.4 Å². The van der Waals surface area contributed by atoms with Crippen LogP contribution in [-0.4, -0.2) is 11.0 Å². The van der Waals surface area contributed by atoms with Crippen LogP contribution < -0.4 is 0 Å². The maximum atomic E-state index is 12.1. The number of hydrogen-bond acceptors (Lipinski definition) is 3. The highest BCUT2D eigenvalue weighted by atomic mass is 35.5. The molecule has 0 fully saturated rings. The van der Waals surface area contributed by atoms with Crippen molar-refractivity contribution < 1.29 is 9.53 Å². The van der Waals surface area contributed by atoms with Gasteiger partial charge in [0.2, 0.25) is 0 Å². The fourth-order valence-electron chi connectivity index (χ4n) is 1.87. The van der Waals surface area contributed by atoms with E-state index in [1.165, 1.54) is 6.07 Å². The van der Waals surface area contributed by atoms with Gasteiger partial charge in [0.25, 0.3) is 0 Å². The summed E-state index contributed by atoms with van der Waals surface area (Å²) in [7, 11) is 0. The molecule has 1 heterocycles. The molecule has 0 aliphatic carbocycles. The number of pyridine rings is 1. The molecule has 4 heteroatoms. The van der Waals surface area contributed by atoms with E-state index in [1.807, 2.05) is 44.2 Å². The van der Waals surface area contributed by atoms with Crippen molar-refractivity contribution in [3.05, 3.63) is 64.4 Å². The first-order valence-electron chi connectivity index (χ1n) is 6.52. The lowest BCUT2D eigenvalue weighted by Gasteiger charge is -2.14. The van der Waals surface area contributed by atoms with E-state index in [2.05, 4.69) is 4.98 Å². The van der Waals surface area contributed by atoms with Crippen molar-refractivity contribution in [3.8, 4) is 0 Å². The topological polar surface area (TPSA) is 39.2 Å². The molecule has 0 N–H and O–H groups in total. The predicted molar refractivity (Wildman–Crippen MR) is 78.9 cm³/mol. The Morgan fingerprint density at radius 2 is 2.00 bits per heavy atom. The number of benzene rings is 1. The third kappa shape index (κ3) is 3.58. The highest BCUT2D eigenvalue weighted by Gasteiger charge is 2.15. The number of aryl methyl sites for hydroxylation is 1. The highest BCUT2D eigenvalue weighted by molar-refractivity contribution is 6.29. The number of rotatable bonds is 4. The maximum Gasteiger partial charge on any atom is 0.338 e. The number of halogens is 1. The Hall–Kier alpha value is -1.87. The molecule has 1 aromatic heterocycles. The molecule has 0 aliphatic heterocycles. The van der Waals surface area contributed by atoms with E-state index < -0.39 is 0 Å². The van der Waals surface area contributed by atoms with Crippen LogP contribution in [0, 0.1) is 0 Å². The standard InChI is InChI=1S/C16H16ClNO2/c1-3-14-9-13(10-15(17)18-14)16(19)20-11(2)12-7-5-4-6-8-12/h4-11H,3H2,1-2H3. The molecule has 2 aromatic rings. The Morgan fingerprint density at radius 3 is 2.65 bits per heavy atom. The molecule has 1 atom stereocenters. The third-order valence-corrected chi connectivity index (χ3v) is 3.19. The summed E-state index contributed by atoms with van der Waals surface area (Å²) in [5.74, 6) is -0.389. The summed E-state index contributed by atoms with van der Waals surface area (Å²) in [5.41, 5.74) is 2.16. The van der Waals surface area contributed by atoms with Crippen molar-refractivity contribution in [1.82, 2.24) is 4.98 Å². The average Bonchev–Trinajstić information content (AvgIpc) is 2.47. The van der Waals surface area contributed by atoms with E-state index in [-0.39, 0.29) is 12.1 Å². The van der Waals surface area contributed by atoms with Crippen LogP contribution in [0.4, 0.5) is 0 Å². The molecule has 0 radical (unpaired) electrons. The highest BCUT2D eigenvalue weighted by Crippen LogP contribution is 2.19. The first-order chi connectivity index (χ1) is 9.60. The largest absolute Gasteiger partial charge is 0.454 e. The number of aromatic nitrogens is 1. The quantitative estimate of drug-likeness (QED) is 0.625. The third-order valence-electron chi connectivity index (χ3n) is 3.00. The van der Waals surface area contributed by atoms with Gasteiger partial charge in [-0.15, -0.1) is 0 Å². The van der Waals surface area contributed by atoms with Crippen molar-refractivity contribution in [3.63, 3.8) is 0 Å². The van der Waals surface area contributed by atoms with Crippen molar-refractivity contribution in [2.75, 3.05) is 0 Å². The minimum absolute atomic E-state index is 0.305. The van der Waals surface area contributed by atoms with E-state index in [0.717, 1.165) is 17.7 Å². The van der Waals surface area contributed by atoms with Gasteiger partial charge in [0.1, 0.15) is 11.3 Å². The summed E-state index contributed by atoms with van der Waals surface area (Å²) in [4.78, 5) is 16.3. The summed E-state index contributed by atoms with van der Waals surface area (Å²) in [6, 6.07) is 12.8. The zero-order valence-corrected chi connectivity index (χ0v) is 12.2. The van der Waals surface area contributed by atoms with E-state index in [1.54, 1.807) is 6.07 Å². The second kappa shape index (κ2) is 6.53. The summed E-state index contributed by atoms with van der Waals surface area (Å²) in [6.45, 7) is 3.80. The second-order valence-electron chi connectivity index (χ2n) is 4.48. The van der Waals surface area contributed by atoms with Gasteiger partial charge in [0.15, 0.2) is 0 Å². The van der Waals surface area contributed by atoms with Gasteiger partial charge in [-0.1, -0.05) is 48.9 Å². The molecule has 3 nitrogen and oxygen atoms in total. The van der Waals surface area contributed by atoms with Gasteiger partial charge in [0.05, 0.1) is 5.56 Å². The minimum atomic E-state index is -0.389. The van der Waals surface area contributed by atoms with Crippen LogP contribution in [0.2, 0.25) is 5.15 Å². The first kappa shape index (κ1) is 14.5. The molecule has 1 unspecified atom stereocenters. The van der Waals surface area contributed by atoms with Crippen molar-refractivity contribution in [2.24, 2.45) is 0 Å². The number of carbonyl (C=O) groups excluding carboxylic acids is 1. The van der Waals surface area contributed by atoms with Crippen LogP contribution in [-0.2, 0) is 11.2 Å². The maximum absolute atomic E-state index is 12.1. The monoisotopic (exact) mass is 289 g/mol. The summed E-state index contributed by atoms with van der Waals surface area (Å²) >= 11 is 5.91. The number of esters is 1. The molecule has 0 bridgehead atoms. The Kier molecular flexibility index (Phi) is 4.74. The first-order valence-corrected chi connectivity index (χ1v) is 6.90. The van der Waals surface area contributed by atoms with E-state index in [0.29, 0.717) is 10.7 Å². The van der Waals surface area contributed by atoms with Crippen LogP contribution in [0.15, 0.2) is 42.5 Å². The molecule has 0 saturated heterocycles. The lowest BCUT2D eigenvalue weighted by atomic mass is 10.1. The van der Waals surface area contributed by atoms with Crippen LogP contribution in [0.1, 0.15) is 41.6 Å². The number of carbonyl (C=O) groups is 1. The van der Waals surface area contributed by atoms with Gasteiger partial charge >= 0.3 is 5.97 Å². The molecule has 104 valence electrons. The molecular weight excluding hydrogens is 274 g/mol. The fourth-order valence-corrected chi connectivity index (χ4v) is 2.10. The van der Waals surface area contributed by atoms with Crippen LogP contribution in [0.5, 0.6) is 0 Å². The normalized spacial score (nSPS) is 11.9. The molecular formula is C16H16ClNO2. The van der Waals surface area contributed by atoms with Gasteiger partial charge in [0, 0.05) is 5.69 Å². The van der Waals surface area contributed by atoms with E-state index in [4.69, 9.17) is 16.3 Å². The lowest BCUT2D eigenvalue weighted by Crippen LogP contribution is -2.10. The molecule has 1 aromatic carbocycles. The Labute approximate surface area is 123 Å². The van der Waals surface area contributed by atoms with Crippen LogP contribution in [0.25, 0.3) is 0 Å². The van der Waals surface area contributed by atoms with Crippen LogP contribution in [0.3, 0.4) is 0 Å². The lowest BCUT2D eigenvalue weighted by molar-refractivity contribution is 0.0337. The molecule has 0 spiro atoms. The zero-order chi connectivity index (χ0) is 14.5. The SMILES string of the molecule is CCc1cc(C(=O)OC(C)c2ccccc2)cc(Cl)n1. The number of nitrogens with zero attached hydrogens (tertiary/aromatic N) is 1. The molecule has 20 heavy (non-hydrogen) atoms. The molecule has 0 aliphatic rings. The Bertz CT molecular complexity index is 599. The van der Waals surface area contributed by atoms with Gasteiger partial charge in [-0.05, 0) is 31.0 Å². The molecule has 2 rings (SSSR count). The van der Waals surface area contributed by atoms with Crippen molar-refractivity contribution in [1.29, 1.82) is 0 Å². The van der Waals surface area contributed by atoms with Gasteiger partial charge in [-0.2, -0.15) is 0 Å². The Morgan fingerprint density at radius 1 is 1.30 bits per heavy atom. The summed E-state index contributed by atoms with van der Waals surface area (Å²) in [5, 5.41) is 0.309. The number of ether oxygens (including phenoxy) is 1. The van der Waals surface area contributed by atoms with Crippen molar-refractivity contribution >= 4 is 17.6 Å². The van der Waals surface area contributed by atoms with E-state index >= 15 is 0 Å². The zero-order valence-electron chi connectivity index (χ0n) is 11.5. The smallest absolute Gasteiger partial charge is 0.338 e. The number of hydrogen-bond donors (Lipinski definition) is 0. The fraction of sp³-hybridized carbons (Fsp3) is 0.250. The summed E-state index contributed by atoms with van der Waals surface area (Å²) in [6.07, 6.45) is 0.412. The second-order valence-corrected chi connectivity index (χ2v) is 4.87. The molecule has 0 amide bonds. The molecule has 0 saturated carbocycles. The minimum Gasteiger partial charge on any atom is -0.454 e.